The predicted octanol–water partition coefficient (Wildman–Crippen LogP) is 3.10. The van der Waals surface area contributed by atoms with Gasteiger partial charge in [-0.25, -0.2) is 0 Å². The number of nitrogens with one attached hydrogen (secondary N) is 2. The fourth-order valence-corrected chi connectivity index (χ4v) is 3.65. The molecule has 0 aliphatic rings. The third-order valence-corrected chi connectivity index (χ3v) is 6.28. The molecule has 0 amide bonds. The molecular formula is C19H36N2O3S. The minimum atomic E-state index is -0.900. The maximum atomic E-state index is 12.9. The Kier molecular flexibility index (Phi) is 11.3. The van der Waals surface area contributed by atoms with Crippen molar-refractivity contribution in [2.45, 2.75) is 76.3 Å². The summed E-state index contributed by atoms with van der Waals surface area (Å²) in [6, 6.07) is -1.07. The van der Waals surface area contributed by atoms with E-state index in [0.29, 0.717) is 18.1 Å². The van der Waals surface area contributed by atoms with Crippen LogP contribution in [-0.4, -0.2) is 53.0 Å². The number of carboxylic acids is 1. The van der Waals surface area contributed by atoms with Gasteiger partial charge >= 0.3 is 5.97 Å². The van der Waals surface area contributed by atoms with Gasteiger partial charge in [-0.15, -0.1) is 6.58 Å². The number of likely N-dealkylation sites (N-methyl/N-ethyl adjacent to an activating group) is 1. The van der Waals surface area contributed by atoms with E-state index in [2.05, 4.69) is 17.2 Å². The number of aliphatic carboxylic acids is 1. The molecule has 0 aromatic heterocycles. The SMILES string of the molecule is C=CC(CCC(C)C(NC(CC)(CC)C(=O)C(C)NC)C(=O)O)SC. The number of ketones is 1. The Morgan fingerprint density at radius 3 is 2.16 bits per heavy atom. The minimum Gasteiger partial charge on any atom is -0.480 e. The van der Waals surface area contributed by atoms with Gasteiger partial charge in [-0.1, -0.05) is 26.8 Å². The number of carbonyl (C=O) groups excluding carboxylic acids is 1. The second-order valence-electron chi connectivity index (χ2n) is 6.69. The van der Waals surface area contributed by atoms with E-state index >= 15 is 0 Å². The molecule has 0 saturated carbocycles. The molecule has 0 spiro atoms. The van der Waals surface area contributed by atoms with E-state index in [-0.39, 0.29) is 17.7 Å². The maximum absolute atomic E-state index is 12.9. The van der Waals surface area contributed by atoms with Crippen LogP contribution in [0.15, 0.2) is 12.7 Å². The molecule has 0 fully saturated rings. The van der Waals surface area contributed by atoms with Gasteiger partial charge in [0.05, 0.1) is 11.6 Å². The summed E-state index contributed by atoms with van der Waals surface area (Å²) in [5.41, 5.74) is -0.822. The van der Waals surface area contributed by atoms with Gasteiger partial charge in [0, 0.05) is 5.25 Å². The van der Waals surface area contributed by atoms with Gasteiger partial charge in [-0.05, 0) is 51.8 Å². The van der Waals surface area contributed by atoms with Gasteiger partial charge in [0.2, 0.25) is 0 Å². The van der Waals surface area contributed by atoms with Crippen molar-refractivity contribution in [3.05, 3.63) is 12.7 Å². The largest absolute Gasteiger partial charge is 0.480 e. The summed E-state index contributed by atoms with van der Waals surface area (Å²) in [7, 11) is 1.74. The summed E-state index contributed by atoms with van der Waals surface area (Å²) in [6.45, 7) is 11.4. The number of Topliss-reactive ketones (excluding diaryl/α,β-unsaturated/α-hetero) is 1. The highest BCUT2D eigenvalue weighted by atomic mass is 32.2. The van der Waals surface area contributed by atoms with Gasteiger partial charge in [-0.2, -0.15) is 11.8 Å². The number of carbonyl (C=O) groups is 2. The molecule has 0 aliphatic carbocycles. The lowest BCUT2D eigenvalue weighted by Crippen LogP contribution is -2.62. The molecule has 146 valence electrons. The first-order chi connectivity index (χ1) is 11.7. The molecule has 0 aromatic rings. The molecular weight excluding hydrogens is 336 g/mol. The van der Waals surface area contributed by atoms with Crippen LogP contribution in [-0.2, 0) is 9.59 Å². The van der Waals surface area contributed by atoms with Crippen LogP contribution < -0.4 is 10.6 Å². The Balaban J connectivity index is 5.32. The predicted molar refractivity (Wildman–Crippen MR) is 107 cm³/mol. The summed E-state index contributed by atoms with van der Waals surface area (Å²) in [5, 5.41) is 16.3. The Labute approximate surface area is 157 Å². The van der Waals surface area contributed by atoms with Crippen molar-refractivity contribution in [2.75, 3.05) is 13.3 Å². The number of hydrogen-bond donors (Lipinski definition) is 3. The fourth-order valence-electron chi connectivity index (χ4n) is 3.09. The summed E-state index contributed by atoms with van der Waals surface area (Å²) in [4.78, 5) is 24.7. The van der Waals surface area contributed by atoms with E-state index in [4.69, 9.17) is 0 Å². The molecule has 5 nitrogen and oxygen atoms in total. The molecule has 0 heterocycles. The number of thioether (sulfide) groups is 1. The third kappa shape index (κ3) is 6.76. The zero-order valence-corrected chi connectivity index (χ0v) is 17.4. The quantitative estimate of drug-likeness (QED) is 0.407. The lowest BCUT2D eigenvalue weighted by atomic mass is 9.82. The van der Waals surface area contributed by atoms with Crippen LogP contribution in [0, 0.1) is 5.92 Å². The summed E-state index contributed by atoms with van der Waals surface area (Å²) in [5.74, 6) is -0.961. The van der Waals surface area contributed by atoms with E-state index in [1.807, 2.05) is 40.0 Å². The van der Waals surface area contributed by atoms with E-state index in [1.165, 1.54) is 0 Å². The molecule has 25 heavy (non-hydrogen) atoms. The van der Waals surface area contributed by atoms with Crippen molar-refractivity contribution in [3.8, 4) is 0 Å². The monoisotopic (exact) mass is 372 g/mol. The molecule has 3 N–H and O–H groups in total. The fraction of sp³-hybridized carbons (Fsp3) is 0.789. The van der Waals surface area contributed by atoms with Crippen LogP contribution in [0.5, 0.6) is 0 Å². The van der Waals surface area contributed by atoms with Crippen molar-refractivity contribution in [3.63, 3.8) is 0 Å². The topological polar surface area (TPSA) is 78.4 Å². The van der Waals surface area contributed by atoms with Crippen molar-refractivity contribution in [1.29, 1.82) is 0 Å². The van der Waals surface area contributed by atoms with Gasteiger partial charge in [0.1, 0.15) is 6.04 Å². The van der Waals surface area contributed by atoms with Gasteiger partial charge < -0.3 is 10.4 Å². The molecule has 0 aromatic carbocycles. The van der Waals surface area contributed by atoms with Crippen LogP contribution in [0.25, 0.3) is 0 Å². The lowest BCUT2D eigenvalue weighted by molar-refractivity contribution is -0.142. The van der Waals surface area contributed by atoms with E-state index < -0.39 is 17.6 Å². The van der Waals surface area contributed by atoms with Crippen LogP contribution in [0.4, 0.5) is 0 Å². The van der Waals surface area contributed by atoms with E-state index in [1.54, 1.807) is 18.8 Å². The zero-order chi connectivity index (χ0) is 19.6. The van der Waals surface area contributed by atoms with Crippen LogP contribution in [0.3, 0.4) is 0 Å². The average Bonchev–Trinajstić information content (AvgIpc) is 2.62. The maximum Gasteiger partial charge on any atom is 0.320 e. The van der Waals surface area contributed by atoms with E-state index in [9.17, 15) is 14.7 Å². The van der Waals surface area contributed by atoms with E-state index in [0.717, 1.165) is 12.8 Å². The number of carboxylic acid groups (broad SMARTS) is 1. The second kappa shape index (κ2) is 11.7. The molecule has 0 saturated heterocycles. The Hall–Kier alpha value is -0.850. The molecule has 4 unspecified atom stereocenters. The van der Waals surface area contributed by atoms with Gasteiger partial charge in [-0.3, -0.25) is 14.9 Å². The minimum absolute atomic E-state index is 0.0199. The molecule has 0 bridgehead atoms. The highest BCUT2D eigenvalue weighted by Crippen LogP contribution is 2.25. The molecule has 0 aliphatic heterocycles. The van der Waals surface area contributed by atoms with Crippen molar-refractivity contribution >= 4 is 23.5 Å². The first-order valence-corrected chi connectivity index (χ1v) is 10.4. The average molecular weight is 373 g/mol. The van der Waals surface area contributed by atoms with Crippen molar-refractivity contribution in [1.82, 2.24) is 10.6 Å². The van der Waals surface area contributed by atoms with Crippen molar-refractivity contribution < 1.29 is 14.7 Å². The second-order valence-corrected chi connectivity index (χ2v) is 7.77. The zero-order valence-electron chi connectivity index (χ0n) is 16.6. The smallest absolute Gasteiger partial charge is 0.320 e. The molecule has 6 heteroatoms. The summed E-state index contributed by atoms with van der Waals surface area (Å²) in [6.07, 6.45) is 6.70. The van der Waals surface area contributed by atoms with Crippen LogP contribution >= 0.6 is 11.8 Å². The Bertz CT molecular complexity index is 438. The Morgan fingerprint density at radius 2 is 1.80 bits per heavy atom. The summed E-state index contributed by atoms with van der Waals surface area (Å²) < 4.78 is 0. The molecule has 0 rings (SSSR count). The first-order valence-electron chi connectivity index (χ1n) is 9.10. The van der Waals surface area contributed by atoms with Gasteiger partial charge in [0.15, 0.2) is 5.78 Å². The van der Waals surface area contributed by atoms with Crippen LogP contribution in [0.1, 0.15) is 53.4 Å². The molecule has 4 atom stereocenters. The highest BCUT2D eigenvalue weighted by molar-refractivity contribution is 7.99. The lowest BCUT2D eigenvalue weighted by Gasteiger charge is -2.38. The highest BCUT2D eigenvalue weighted by Gasteiger charge is 2.41. The van der Waals surface area contributed by atoms with Gasteiger partial charge in [0.25, 0.3) is 0 Å². The summed E-state index contributed by atoms with van der Waals surface area (Å²) >= 11 is 1.72. The Morgan fingerprint density at radius 1 is 1.24 bits per heavy atom. The molecule has 0 radical (unpaired) electrons. The van der Waals surface area contributed by atoms with Crippen molar-refractivity contribution in [2.24, 2.45) is 5.92 Å². The standard InChI is InChI=1S/C19H36N2O3S/c1-8-15(25-7)12-11-13(4)16(18(23)24)21-19(9-2,10-3)17(22)14(5)20-6/h8,13-16,20-21H,1,9-12H2,2-7H3,(H,23,24). The third-order valence-electron chi connectivity index (χ3n) is 5.24. The number of rotatable bonds is 14. The van der Waals surface area contributed by atoms with Crippen LogP contribution in [0.2, 0.25) is 0 Å². The first kappa shape index (κ1) is 24.1. The number of hydrogen-bond acceptors (Lipinski definition) is 5. The normalized spacial score (nSPS) is 16.7.